The number of hydrogen-bond donors (Lipinski definition) is 2. The van der Waals surface area contributed by atoms with E-state index in [1.807, 2.05) is 0 Å². The maximum Gasteiger partial charge on any atom is 0.279 e. The molecule has 27 heavy (non-hydrogen) atoms. The molecule has 1 atom stereocenters. The molecule has 1 unspecified atom stereocenters. The molecule has 2 heterocycles. The average molecular weight is 456 g/mol. The van der Waals surface area contributed by atoms with Crippen molar-refractivity contribution >= 4 is 50.0 Å². The number of aryl methyl sites for hydroxylation is 1. The Morgan fingerprint density at radius 1 is 1.44 bits per heavy atom. The second kappa shape index (κ2) is 5.72. The Morgan fingerprint density at radius 2 is 2.15 bits per heavy atom. The van der Waals surface area contributed by atoms with E-state index in [0.29, 0.717) is 9.99 Å². The molecule has 1 aliphatic heterocycles. The van der Waals surface area contributed by atoms with Crippen LogP contribution in [0, 0.1) is 15.9 Å². The fourth-order valence-corrected chi connectivity index (χ4v) is 3.92. The van der Waals surface area contributed by atoms with Gasteiger partial charge in [0.15, 0.2) is 0 Å². The highest BCUT2D eigenvalue weighted by atomic mass is 79.9. The van der Waals surface area contributed by atoms with Gasteiger partial charge in [-0.15, -0.1) is 0 Å². The number of amides is 1. The summed E-state index contributed by atoms with van der Waals surface area (Å²) in [5, 5.41) is 29.7. The molecule has 1 amide bonds. The van der Waals surface area contributed by atoms with Crippen LogP contribution in [0.25, 0.3) is 10.9 Å². The quantitative estimate of drug-likeness (QED) is 0.456. The Morgan fingerprint density at radius 3 is 2.81 bits per heavy atom. The third-order valence-electron chi connectivity index (χ3n) is 4.43. The lowest BCUT2D eigenvalue weighted by Gasteiger charge is -2.25. The van der Waals surface area contributed by atoms with Crippen LogP contribution in [0.1, 0.15) is 21.5 Å². The Bertz CT molecular complexity index is 1180. The number of fused-ring (bicyclic) bond motifs is 3. The number of carbonyl (C=O) groups excluding carboxylic acids is 1. The molecular formula is C16H9BrClFN4O4. The van der Waals surface area contributed by atoms with Crippen LogP contribution >= 0.6 is 27.5 Å². The zero-order valence-corrected chi connectivity index (χ0v) is 15.8. The number of aromatic nitrogens is 2. The largest absolute Gasteiger partial charge is 0.363 e. The van der Waals surface area contributed by atoms with E-state index >= 15 is 0 Å². The van der Waals surface area contributed by atoms with Crippen LogP contribution in [-0.4, -0.2) is 25.7 Å². The normalized spacial score (nSPS) is 18.6. The second-order valence-corrected chi connectivity index (χ2v) is 7.16. The van der Waals surface area contributed by atoms with Gasteiger partial charge in [-0.3, -0.25) is 19.6 Å². The van der Waals surface area contributed by atoms with E-state index in [1.54, 1.807) is 7.05 Å². The fraction of sp³-hybridized carbons (Fsp3) is 0.125. The third-order valence-corrected chi connectivity index (χ3v) is 5.70. The number of rotatable bonds is 2. The molecule has 2 N–H and O–H groups in total. The molecule has 0 spiro atoms. The van der Waals surface area contributed by atoms with Gasteiger partial charge in [-0.1, -0.05) is 11.6 Å². The maximum absolute atomic E-state index is 13.8. The van der Waals surface area contributed by atoms with Gasteiger partial charge in [0.25, 0.3) is 11.6 Å². The van der Waals surface area contributed by atoms with Crippen LogP contribution in [0.2, 0.25) is 5.02 Å². The molecule has 11 heteroatoms. The highest BCUT2D eigenvalue weighted by Crippen LogP contribution is 2.46. The van der Waals surface area contributed by atoms with E-state index < -0.39 is 28.1 Å². The number of hydrogen-bond acceptors (Lipinski definition) is 5. The molecule has 138 valence electrons. The Hall–Kier alpha value is -2.56. The van der Waals surface area contributed by atoms with Gasteiger partial charge in [-0.25, -0.2) is 4.39 Å². The first-order valence-corrected chi connectivity index (χ1v) is 8.66. The van der Waals surface area contributed by atoms with Crippen molar-refractivity contribution in [2.24, 2.45) is 7.05 Å². The first-order valence-electron chi connectivity index (χ1n) is 7.49. The monoisotopic (exact) mass is 454 g/mol. The zero-order valence-electron chi connectivity index (χ0n) is 13.5. The summed E-state index contributed by atoms with van der Waals surface area (Å²) in [7, 11) is 1.59. The number of nitrogens with zero attached hydrogens (tertiary/aromatic N) is 3. The Kier molecular flexibility index (Phi) is 3.78. The first-order chi connectivity index (χ1) is 12.6. The number of benzene rings is 2. The lowest BCUT2D eigenvalue weighted by atomic mass is 9.91. The van der Waals surface area contributed by atoms with E-state index in [2.05, 4.69) is 26.3 Å². The van der Waals surface area contributed by atoms with Crippen molar-refractivity contribution in [3.63, 3.8) is 0 Å². The van der Waals surface area contributed by atoms with Crippen molar-refractivity contribution in [3.8, 4) is 0 Å². The molecule has 0 radical (unpaired) electrons. The first kappa shape index (κ1) is 17.8. The number of nitro groups is 1. The van der Waals surface area contributed by atoms with Crippen molar-refractivity contribution in [1.82, 2.24) is 15.1 Å². The van der Waals surface area contributed by atoms with Crippen molar-refractivity contribution in [2.75, 3.05) is 0 Å². The van der Waals surface area contributed by atoms with Gasteiger partial charge in [0.05, 0.1) is 10.5 Å². The molecule has 3 aromatic rings. The van der Waals surface area contributed by atoms with Crippen molar-refractivity contribution in [3.05, 3.63) is 66.5 Å². The van der Waals surface area contributed by atoms with Crippen molar-refractivity contribution in [1.29, 1.82) is 0 Å². The van der Waals surface area contributed by atoms with Crippen LogP contribution < -0.4 is 5.32 Å². The third kappa shape index (κ3) is 2.37. The van der Waals surface area contributed by atoms with E-state index in [4.69, 9.17) is 11.6 Å². The summed E-state index contributed by atoms with van der Waals surface area (Å²) in [6.07, 6.45) is 0. The predicted molar refractivity (Wildman–Crippen MR) is 96.9 cm³/mol. The predicted octanol–water partition coefficient (Wildman–Crippen LogP) is 2.97. The lowest BCUT2D eigenvalue weighted by molar-refractivity contribution is -0.386. The fourth-order valence-electron chi connectivity index (χ4n) is 3.29. The summed E-state index contributed by atoms with van der Waals surface area (Å²) in [6.45, 7) is 0. The van der Waals surface area contributed by atoms with E-state index in [1.165, 1.54) is 16.8 Å². The van der Waals surface area contributed by atoms with E-state index in [-0.39, 0.29) is 27.2 Å². The molecule has 4 rings (SSSR count). The summed E-state index contributed by atoms with van der Waals surface area (Å²) in [5.74, 6) is -1.51. The van der Waals surface area contributed by atoms with Gasteiger partial charge in [0, 0.05) is 29.1 Å². The number of aliphatic hydroxyl groups is 1. The average Bonchev–Trinajstić information content (AvgIpc) is 3.04. The van der Waals surface area contributed by atoms with Crippen LogP contribution in [0.3, 0.4) is 0 Å². The van der Waals surface area contributed by atoms with Crippen LogP contribution in [-0.2, 0) is 12.8 Å². The topological polar surface area (TPSA) is 110 Å². The van der Waals surface area contributed by atoms with Gasteiger partial charge in [0.1, 0.15) is 21.5 Å². The Labute approximate surface area is 163 Å². The molecule has 2 aromatic carbocycles. The molecule has 0 aliphatic carbocycles. The number of carbonyl (C=O) groups is 1. The van der Waals surface area contributed by atoms with Crippen LogP contribution in [0.5, 0.6) is 0 Å². The summed E-state index contributed by atoms with van der Waals surface area (Å²) in [5.41, 5.74) is -3.45. The SMILES string of the molecule is Cn1nc2c3c(c([N+](=O)[O-])cc2c1Br)C(O)(c1cc(F)ccc1Cl)NC3=O. The van der Waals surface area contributed by atoms with Gasteiger partial charge in [0.2, 0.25) is 5.72 Å². The van der Waals surface area contributed by atoms with Gasteiger partial charge in [-0.05, 0) is 34.1 Å². The van der Waals surface area contributed by atoms with Gasteiger partial charge in [-0.2, -0.15) is 5.10 Å². The van der Waals surface area contributed by atoms with Crippen molar-refractivity contribution < 1.29 is 19.2 Å². The van der Waals surface area contributed by atoms with Gasteiger partial charge >= 0.3 is 0 Å². The summed E-state index contributed by atoms with van der Waals surface area (Å²) in [4.78, 5) is 23.6. The molecule has 8 nitrogen and oxygen atoms in total. The smallest absolute Gasteiger partial charge is 0.279 e. The van der Waals surface area contributed by atoms with Crippen LogP contribution in [0.15, 0.2) is 28.9 Å². The molecule has 1 aromatic heterocycles. The molecular weight excluding hydrogens is 447 g/mol. The number of halogens is 3. The standard InChI is InChI=1S/C16H9BrClFN4O4/c1-22-14(17)7-5-10(23(26)27)12-11(13(7)21-22)15(24)20-16(12,25)8-4-6(19)2-3-9(8)18/h2-5,25H,1H3,(H,20,24). The molecule has 0 saturated heterocycles. The summed E-state index contributed by atoms with van der Waals surface area (Å²) in [6, 6.07) is 4.38. The molecule has 0 saturated carbocycles. The summed E-state index contributed by atoms with van der Waals surface area (Å²) < 4.78 is 15.6. The minimum atomic E-state index is -2.38. The minimum Gasteiger partial charge on any atom is -0.363 e. The molecule has 0 bridgehead atoms. The zero-order chi connectivity index (χ0) is 19.7. The van der Waals surface area contributed by atoms with Crippen molar-refractivity contribution in [2.45, 2.75) is 5.72 Å². The highest BCUT2D eigenvalue weighted by molar-refractivity contribution is 9.10. The summed E-state index contributed by atoms with van der Waals surface area (Å²) >= 11 is 9.35. The van der Waals surface area contributed by atoms with Gasteiger partial charge < -0.3 is 10.4 Å². The Balaban J connectivity index is 2.16. The highest BCUT2D eigenvalue weighted by Gasteiger charge is 2.51. The van der Waals surface area contributed by atoms with E-state index in [9.17, 15) is 24.4 Å². The number of nitro benzene ring substituents is 1. The molecule has 0 fully saturated rings. The van der Waals surface area contributed by atoms with E-state index in [0.717, 1.165) is 12.1 Å². The number of nitrogens with one attached hydrogen (secondary N) is 1. The second-order valence-electron chi connectivity index (χ2n) is 6.00. The molecule has 1 aliphatic rings. The minimum absolute atomic E-state index is 0.0661. The van der Waals surface area contributed by atoms with Crippen LogP contribution in [0.4, 0.5) is 10.1 Å². The lowest BCUT2D eigenvalue weighted by Crippen LogP contribution is -2.40. The maximum atomic E-state index is 13.8.